The molecule has 0 aromatic heterocycles. The molecule has 1 aliphatic carbocycles. The van der Waals surface area contributed by atoms with E-state index in [0.717, 1.165) is 12.8 Å². The smallest absolute Gasteiger partial charge is 0.240 e. The van der Waals surface area contributed by atoms with Gasteiger partial charge in [-0.25, -0.2) is 0 Å². The topological polar surface area (TPSA) is 55.1 Å². The average molecular weight is 170 g/mol. The molecule has 1 atom stereocenters. The fourth-order valence-corrected chi connectivity index (χ4v) is 0.879. The monoisotopic (exact) mass is 170 g/mol. The first-order valence-electron chi connectivity index (χ1n) is 4.55. The first kappa shape index (κ1) is 9.52. The number of hydrogen-bond donors (Lipinski definition) is 2. The van der Waals surface area contributed by atoms with Gasteiger partial charge in [-0.2, -0.15) is 0 Å². The number of hydrogen-bond acceptors (Lipinski definition) is 2. The van der Waals surface area contributed by atoms with Gasteiger partial charge in [0.25, 0.3) is 0 Å². The molecule has 3 heteroatoms. The molecule has 3 nitrogen and oxygen atoms in total. The van der Waals surface area contributed by atoms with Crippen LogP contribution in [0.4, 0.5) is 0 Å². The Morgan fingerprint density at radius 2 is 1.92 bits per heavy atom. The van der Waals surface area contributed by atoms with E-state index < -0.39 is 5.54 Å². The maximum atomic E-state index is 11.4. The number of nitrogens with one attached hydrogen (secondary N) is 1. The Kier molecular flexibility index (Phi) is 2.42. The highest BCUT2D eigenvalue weighted by atomic mass is 16.2. The summed E-state index contributed by atoms with van der Waals surface area (Å²) in [6, 6.07) is 0.221. The van der Waals surface area contributed by atoms with E-state index >= 15 is 0 Å². The van der Waals surface area contributed by atoms with Gasteiger partial charge >= 0.3 is 0 Å². The Bertz CT molecular complexity index is 185. The molecule has 0 heterocycles. The summed E-state index contributed by atoms with van der Waals surface area (Å²) >= 11 is 0. The third-order valence-corrected chi connectivity index (χ3v) is 2.60. The first-order chi connectivity index (χ1) is 5.46. The van der Waals surface area contributed by atoms with E-state index in [0.29, 0.717) is 5.92 Å². The molecule has 0 spiro atoms. The van der Waals surface area contributed by atoms with Crippen molar-refractivity contribution < 1.29 is 4.79 Å². The molecule has 0 aromatic carbocycles. The van der Waals surface area contributed by atoms with Crippen molar-refractivity contribution >= 4 is 5.91 Å². The highest BCUT2D eigenvalue weighted by Crippen LogP contribution is 2.32. The SMILES string of the molecule is CC(C)C(C)NC(=O)C1(N)CC1. The highest BCUT2D eigenvalue weighted by Gasteiger charge is 2.46. The van der Waals surface area contributed by atoms with Crippen molar-refractivity contribution in [1.29, 1.82) is 0 Å². The fraction of sp³-hybridized carbons (Fsp3) is 0.889. The Hall–Kier alpha value is -0.570. The molecule has 0 bridgehead atoms. The van der Waals surface area contributed by atoms with Crippen LogP contribution in [0.25, 0.3) is 0 Å². The van der Waals surface area contributed by atoms with E-state index in [4.69, 9.17) is 5.73 Å². The second-order valence-electron chi connectivity index (χ2n) is 4.16. The van der Waals surface area contributed by atoms with Gasteiger partial charge in [0.1, 0.15) is 0 Å². The second kappa shape index (κ2) is 3.05. The summed E-state index contributed by atoms with van der Waals surface area (Å²) in [6.07, 6.45) is 1.67. The highest BCUT2D eigenvalue weighted by molar-refractivity contribution is 5.89. The summed E-state index contributed by atoms with van der Waals surface area (Å²) in [5.41, 5.74) is 5.20. The minimum absolute atomic E-state index is 0.0173. The number of carbonyl (C=O) groups excluding carboxylic acids is 1. The van der Waals surface area contributed by atoms with Crippen LogP contribution in [0.15, 0.2) is 0 Å². The molecule has 1 fully saturated rings. The zero-order chi connectivity index (χ0) is 9.35. The molecular weight excluding hydrogens is 152 g/mol. The van der Waals surface area contributed by atoms with Gasteiger partial charge in [-0.15, -0.1) is 0 Å². The zero-order valence-electron chi connectivity index (χ0n) is 8.05. The molecular formula is C9H18N2O. The van der Waals surface area contributed by atoms with Gasteiger partial charge in [0, 0.05) is 6.04 Å². The van der Waals surface area contributed by atoms with Crippen molar-refractivity contribution in [2.45, 2.75) is 45.2 Å². The largest absolute Gasteiger partial charge is 0.352 e. The minimum Gasteiger partial charge on any atom is -0.352 e. The maximum Gasteiger partial charge on any atom is 0.240 e. The van der Waals surface area contributed by atoms with Gasteiger partial charge in [-0.3, -0.25) is 4.79 Å². The van der Waals surface area contributed by atoms with Crippen molar-refractivity contribution in [3.8, 4) is 0 Å². The van der Waals surface area contributed by atoms with E-state index in [9.17, 15) is 4.79 Å². The summed E-state index contributed by atoms with van der Waals surface area (Å²) in [7, 11) is 0. The van der Waals surface area contributed by atoms with Crippen LogP contribution in [0.2, 0.25) is 0 Å². The summed E-state index contributed by atoms with van der Waals surface area (Å²) in [6.45, 7) is 6.18. The van der Waals surface area contributed by atoms with E-state index in [1.165, 1.54) is 0 Å². The predicted octanol–water partition coefficient (Wildman–Crippen LogP) is 0.638. The molecule has 1 amide bonds. The van der Waals surface area contributed by atoms with Crippen LogP contribution in [-0.2, 0) is 4.79 Å². The normalized spacial score (nSPS) is 22.1. The summed E-state index contributed by atoms with van der Waals surface area (Å²) in [5, 5.41) is 2.92. The molecule has 0 saturated heterocycles. The van der Waals surface area contributed by atoms with Gasteiger partial charge in [0.2, 0.25) is 5.91 Å². The van der Waals surface area contributed by atoms with Crippen molar-refractivity contribution in [2.75, 3.05) is 0 Å². The van der Waals surface area contributed by atoms with Crippen molar-refractivity contribution in [3.63, 3.8) is 0 Å². The standard InChI is InChI=1S/C9H18N2O/c1-6(2)7(3)11-8(12)9(10)4-5-9/h6-7H,4-5,10H2,1-3H3,(H,11,12). The molecule has 3 N–H and O–H groups in total. The number of carbonyl (C=O) groups is 1. The third kappa shape index (κ3) is 1.97. The van der Waals surface area contributed by atoms with Crippen molar-refractivity contribution in [2.24, 2.45) is 11.7 Å². The van der Waals surface area contributed by atoms with Gasteiger partial charge in [0.05, 0.1) is 5.54 Å². The lowest BCUT2D eigenvalue weighted by molar-refractivity contribution is -0.124. The van der Waals surface area contributed by atoms with E-state index in [-0.39, 0.29) is 11.9 Å². The first-order valence-corrected chi connectivity index (χ1v) is 4.55. The Morgan fingerprint density at radius 1 is 1.42 bits per heavy atom. The van der Waals surface area contributed by atoms with Crippen LogP contribution in [0, 0.1) is 5.92 Å². The molecule has 1 rings (SSSR count). The Balaban J connectivity index is 2.36. The maximum absolute atomic E-state index is 11.4. The number of nitrogens with two attached hydrogens (primary N) is 1. The predicted molar refractivity (Wildman–Crippen MR) is 48.6 cm³/mol. The summed E-state index contributed by atoms with van der Waals surface area (Å²) < 4.78 is 0. The van der Waals surface area contributed by atoms with Gasteiger partial charge in [-0.05, 0) is 25.7 Å². The van der Waals surface area contributed by atoms with Crippen molar-refractivity contribution in [3.05, 3.63) is 0 Å². The zero-order valence-corrected chi connectivity index (χ0v) is 8.05. The van der Waals surface area contributed by atoms with E-state index in [1.807, 2.05) is 6.92 Å². The van der Waals surface area contributed by atoms with Crippen LogP contribution in [0.3, 0.4) is 0 Å². The van der Waals surface area contributed by atoms with Gasteiger partial charge < -0.3 is 11.1 Å². The lowest BCUT2D eigenvalue weighted by Gasteiger charge is -2.19. The molecule has 1 aliphatic rings. The van der Waals surface area contributed by atoms with E-state index in [1.54, 1.807) is 0 Å². The van der Waals surface area contributed by atoms with Crippen LogP contribution < -0.4 is 11.1 Å². The summed E-state index contributed by atoms with van der Waals surface area (Å²) in [5.74, 6) is 0.486. The van der Waals surface area contributed by atoms with Gasteiger partial charge in [0.15, 0.2) is 0 Å². The molecule has 1 saturated carbocycles. The van der Waals surface area contributed by atoms with E-state index in [2.05, 4.69) is 19.2 Å². The van der Waals surface area contributed by atoms with Crippen molar-refractivity contribution in [1.82, 2.24) is 5.32 Å². The van der Waals surface area contributed by atoms with Crippen LogP contribution in [-0.4, -0.2) is 17.5 Å². The lowest BCUT2D eigenvalue weighted by Crippen LogP contribution is -2.47. The fourth-order valence-electron chi connectivity index (χ4n) is 0.879. The summed E-state index contributed by atoms with van der Waals surface area (Å²) in [4.78, 5) is 11.4. The molecule has 12 heavy (non-hydrogen) atoms. The molecule has 70 valence electrons. The Morgan fingerprint density at radius 3 is 2.25 bits per heavy atom. The lowest BCUT2D eigenvalue weighted by atomic mass is 10.1. The quantitative estimate of drug-likeness (QED) is 0.653. The molecule has 0 aliphatic heterocycles. The van der Waals surface area contributed by atoms with Crippen LogP contribution in [0.1, 0.15) is 33.6 Å². The Labute approximate surface area is 73.7 Å². The van der Waals surface area contributed by atoms with Gasteiger partial charge in [-0.1, -0.05) is 13.8 Å². The average Bonchev–Trinajstić information content (AvgIpc) is 2.69. The molecule has 0 radical (unpaired) electrons. The minimum atomic E-state index is -0.525. The third-order valence-electron chi connectivity index (χ3n) is 2.60. The molecule has 0 aromatic rings. The van der Waals surface area contributed by atoms with Crippen LogP contribution in [0.5, 0.6) is 0 Å². The number of amides is 1. The number of rotatable bonds is 3. The molecule has 1 unspecified atom stereocenters. The van der Waals surface area contributed by atoms with Crippen LogP contribution >= 0.6 is 0 Å². The second-order valence-corrected chi connectivity index (χ2v) is 4.16.